The Balaban J connectivity index is 1.94. The Kier molecular flexibility index (Phi) is 4.02. The van der Waals surface area contributed by atoms with E-state index in [1.165, 1.54) is 13.4 Å². The van der Waals surface area contributed by atoms with Gasteiger partial charge in [-0.25, -0.2) is 4.98 Å². The number of methoxy groups -OCH3 is 1. The monoisotopic (exact) mass is 260 g/mol. The number of nitrogen functional groups attached to an aromatic ring is 1. The molecule has 0 amide bonds. The molecule has 2 aromatic rings. The van der Waals surface area contributed by atoms with Gasteiger partial charge in [-0.05, 0) is 24.1 Å². The molecule has 0 aliphatic heterocycles. The number of aromatic nitrogens is 2. The molecule has 4 N–H and O–H groups in total. The second kappa shape index (κ2) is 5.90. The van der Waals surface area contributed by atoms with E-state index in [-0.39, 0.29) is 5.75 Å². The number of aromatic hydroxyl groups is 1. The van der Waals surface area contributed by atoms with Gasteiger partial charge in [-0.1, -0.05) is 12.1 Å². The van der Waals surface area contributed by atoms with Crippen molar-refractivity contribution < 1.29 is 9.84 Å². The summed E-state index contributed by atoms with van der Waals surface area (Å²) in [6.45, 7) is 0.676. The van der Waals surface area contributed by atoms with Gasteiger partial charge in [-0.15, -0.1) is 0 Å². The average Bonchev–Trinajstić information content (AvgIpc) is 2.43. The van der Waals surface area contributed by atoms with Crippen molar-refractivity contribution in [2.24, 2.45) is 0 Å². The third-order valence-electron chi connectivity index (χ3n) is 2.68. The Morgan fingerprint density at radius 1 is 1.26 bits per heavy atom. The predicted octanol–water partition coefficient (Wildman–Crippen LogP) is 1.43. The van der Waals surface area contributed by atoms with Gasteiger partial charge in [-0.2, -0.15) is 4.98 Å². The number of phenols is 1. The third-order valence-corrected chi connectivity index (χ3v) is 2.68. The summed E-state index contributed by atoms with van der Waals surface area (Å²) >= 11 is 0. The second-order valence-corrected chi connectivity index (χ2v) is 3.99. The minimum absolute atomic E-state index is 0.265. The first kappa shape index (κ1) is 12.9. The van der Waals surface area contributed by atoms with Crippen molar-refractivity contribution in [2.45, 2.75) is 6.42 Å². The van der Waals surface area contributed by atoms with Gasteiger partial charge in [0.25, 0.3) is 0 Å². The first-order chi connectivity index (χ1) is 9.20. The molecule has 2 rings (SSSR count). The number of ether oxygens (including phenoxy) is 1. The van der Waals surface area contributed by atoms with E-state index in [1.54, 1.807) is 12.1 Å². The van der Waals surface area contributed by atoms with Gasteiger partial charge in [0, 0.05) is 6.54 Å². The molecule has 0 spiro atoms. The summed E-state index contributed by atoms with van der Waals surface area (Å²) in [7, 11) is 1.51. The Labute approximate surface area is 111 Å². The summed E-state index contributed by atoms with van der Waals surface area (Å²) in [5.41, 5.74) is 7.36. The fourth-order valence-electron chi connectivity index (χ4n) is 1.67. The minimum atomic E-state index is 0.265. The summed E-state index contributed by atoms with van der Waals surface area (Å²) in [5.74, 6) is 1.19. The van der Waals surface area contributed by atoms with E-state index in [0.29, 0.717) is 23.9 Å². The first-order valence-corrected chi connectivity index (χ1v) is 5.87. The summed E-state index contributed by atoms with van der Waals surface area (Å²) in [6.07, 6.45) is 2.20. The third kappa shape index (κ3) is 3.25. The predicted molar refractivity (Wildman–Crippen MR) is 73.3 cm³/mol. The van der Waals surface area contributed by atoms with Gasteiger partial charge in [0.1, 0.15) is 17.8 Å². The molecule has 19 heavy (non-hydrogen) atoms. The molecule has 6 nitrogen and oxygen atoms in total. The maximum Gasteiger partial charge on any atom is 0.242 e. The Hall–Kier alpha value is -2.50. The highest BCUT2D eigenvalue weighted by molar-refractivity contribution is 5.66. The van der Waals surface area contributed by atoms with Gasteiger partial charge in [0.15, 0.2) is 5.82 Å². The zero-order valence-corrected chi connectivity index (χ0v) is 10.6. The van der Waals surface area contributed by atoms with Crippen molar-refractivity contribution in [1.82, 2.24) is 9.97 Å². The molecule has 0 saturated carbocycles. The minimum Gasteiger partial charge on any atom is -0.508 e. The van der Waals surface area contributed by atoms with Crippen LogP contribution in [0, 0.1) is 0 Å². The zero-order valence-electron chi connectivity index (χ0n) is 10.6. The van der Waals surface area contributed by atoms with Crippen LogP contribution in [-0.4, -0.2) is 28.7 Å². The van der Waals surface area contributed by atoms with Crippen LogP contribution >= 0.6 is 0 Å². The lowest BCUT2D eigenvalue weighted by molar-refractivity contribution is 0.399. The molecule has 1 heterocycles. The molecule has 100 valence electrons. The summed E-state index contributed by atoms with van der Waals surface area (Å²) in [5, 5.41) is 12.3. The summed E-state index contributed by atoms with van der Waals surface area (Å²) in [4.78, 5) is 7.97. The van der Waals surface area contributed by atoms with E-state index in [1.807, 2.05) is 12.1 Å². The lowest BCUT2D eigenvalue weighted by atomic mass is 10.1. The molecular formula is C13H16N4O2. The molecule has 0 radical (unpaired) electrons. The smallest absolute Gasteiger partial charge is 0.242 e. The van der Waals surface area contributed by atoms with Gasteiger partial charge in [-0.3, -0.25) is 0 Å². The molecule has 0 fully saturated rings. The molecule has 0 aliphatic rings. The number of nitrogens with two attached hydrogens (primary N) is 1. The van der Waals surface area contributed by atoms with Crippen LogP contribution in [0.4, 0.5) is 11.5 Å². The highest BCUT2D eigenvalue weighted by Gasteiger charge is 2.07. The van der Waals surface area contributed by atoms with Crippen LogP contribution in [0.15, 0.2) is 30.6 Å². The molecule has 1 aromatic heterocycles. The lowest BCUT2D eigenvalue weighted by Gasteiger charge is -2.10. The quantitative estimate of drug-likeness (QED) is 0.753. The molecule has 0 aliphatic carbocycles. The number of phenolic OH excluding ortho intramolecular Hbond substituents is 1. The van der Waals surface area contributed by atoms with Crippen molar-refractivity contribution in [3.63, 3.8) is 0 Å². The van der Waals surface area contributed by atoms with Crippen molar-refractivity contribution >= 4 is 11.5 Å². The van der Waals surface area contributed by atoms with E-state index in [2.05, 4.69) is 15.3 Å². The maximum absolute atomic E-state index is 9.19. The normalized spacial score (nSPS) is 10.2. The van der Waals surface area contributed by atoms with E-state index >= 15 is 0 Å². The molecule has 0 bridgehead atoms. The molecular weight excluding hydrogens is 244 g/mol. The van der Waals surface area contributed by atoms with Crippen LogP contribution in [0.3, 0.4) is 0 Å². The Morgan fingerprint density at radius 3 is 2.68 bits per heavy atom. The van der Waals surface area contributed by atoms with Crippen LogP contribution in [0.1, 0.15) is 5.56 Å². The second-order valence-electron chi connectivity index (χ2n) is 3.99. The first-order valence-electron chi connectivity index (χ1n) is 5.87. The Bertz CT molecular complexity index is 543. The van der Waals surface area contributed by atoms with Gasteiger partial charge in [0.05, 0.1) is 7.11 Å². The summed E-state index contributed by atoms with van der Waals surface area (Å²) < 4.78 is 5.02. The van der Waals surface area contributed by atoms with Gasteiger partial charge in [0.2, 0.25) is 5.88 Å². The molecule has 0 unspecified atom stereocenters. The van der Waals surface area contributed by atoms with Crippen LogP contribution in [-0.2, 0) is 6.42 Å². The van der Waals surface area contributed by atoms with Gasteiger partial charge >= 0.3 is 0 Å². The fourth-order valence-corrected chi connectivity index (χ4v) is 1.67. The van der Waals surface area contributed by atoms with Crippen molar-refractivity contribution in [1.29, 1.82) is 0 Å². The number of hydrogen-bond acceptors (Lipinski definition) is 6. The zero-order chi connectivity index (χ0) is 13.7. The van der Waals surface area contributed by atoms with Crippen molar-refractivity contribution in [3.8, 4) is 11.6 Å². The SMILES string of the molecule is COc1ncnc(NCCc2ccc(O)cc2)c1N. The van der Waals surface area contributed by atoms with Crippen LogP contribution in [0.2, 0.25) is 0 Å². The van der Waals surface area contributed by atoms with Crippen LogP contribution in [0.5, 0.6) is 11.6 Å². The number of benzene rings is 1. The number of rotatable bonds is 5. The van der Waals surface area contributed by atoms with E-state index < -0.39 is 0 Å². The number of hydrogen-bond donors (Lipinski definition) is 3. The number of anilines is 2. The highest BCUT2D eigenvalue weighted by atomic mass is 16.5. The Morgan fingerprint density at radius 2 is 2.00 bits per heavy atom. The largest absolute Gasteiger partial charge is 0.508 e. The summed E-state index contributed by atoms with van der Waals surface area (Å²) in [6, 6.07) is 7.08. The van der Waals surface area contributed by atoms with Crippen LogP contribution < -0.4 is 15.8 Å². The molecule has 6 heteroatoms. The van der Waals surface area contributed by atoms with E-state index in [9.17, 15) is 5.11 Å². The van der Waals surface area contributed by atoms with Gasteiger partial charge < -0.3 is 20.9 Å². The number of nitrogens with zero attached hydrogens (tertiary/aromatic N) is 2. The standard InChI is InChI=1S/C13H16N4O2/c1-19-13-11(14)12(16-8-17-13)15-7-6-9-2-4-10(18)5-3-9/h2-5,8,18H,6-7,14H2,1H3,(H,15,16,17). The number of nitrogens with one attached hydrogen (secondary N) is 1. The van der Waals surface area contributed by atoms with Crippen molar-refractivity contribution in [3.05, 3.63) is 36.2 Å². The van der Waals surface area contributed by atoms with Crippen LogP contribution in [0.25, 0.3) is 0 Å². The van der Waals surface area contributed by atoms with E-state index in [0.717, 1.165) is 12.0 Å². The fraction of sp³-hybridized carbons (Fsp3) is 0.231. The molecule has 1 aromatic carbocycles. The molecule has 0 saturated heterocycles. The maximum atomic E-state index is 9.19. The lowest BCUT2D eigenvalue weighted by Crippen LogP contribution is -2.09. The van der Waals surface area contributed by atoms with E-state index in [4.69, 9.17) is 10.5 Å². The highest BCUT2D eigenvalue weighted by Crippen LogP contribution is 2.23. The van der Waals surface area contributed by atoms with Crippen molar-refractivity contribution in [2.75, 3.05) is 24.7 Å². The molecule has 0 atom stereocenters. The average molecular weight is 260 g/mol. The topological polar surface area (TPSA) is 93.3 Å².